The normalized spacial score (nSPS) is 10.5. The molecule has 90 valence electrons. The van der Waals surface area contributed by atoms with E-state index in [0.717, 1.165) is 0 Å². The van der Waals surface area contributed by atoms with E-state index in [-0.39, 0.29) is 25.8 Å². The first kappa shape index (κ1) is 13.5. The molecule has 0 aliphatic rings. The van der Waals surface area contributed by atoms with Crippen molar-refractivity contribution < 1.29 is 14.4 Å². The smallest absolute Gasteiger partial charge is 0.251 e. The molecule has 1 aromatic carbocycles. The van der Waals surface area contributed by atoms with Gasteiger partial charge in [0.05, 0.1) is 0 Å². The van der Waals surface area contributed by atoms with E-state index in [4.69, 9.17) is 0 Å². The Balaban J connectivity index is 3.33. The number of Topliss-reactive ketones (excluding diaryl/α,β-unsaturated/α-hetero) is 1. The maximum atomic E-state index is 11.6. The second kappa shape index (κ2) is 5.69. The zero-order valence-corrected chi connectivity index (χ0v) is 11.0. The molecule has 1 atom stereocenters. The van der Waals surface area contributed by atoms with Crippen LogP contribution in [0, 0.1) is 0 Å². The van der Waals surface area contributed by atoms with Crippen molar-refractivity contribution >= 4 is 25.8 Å². The molecule has 5 heteroatoms. The fourth-order valence-corrected chi connectivity index (χ4v) is 1.81. The maximum Gasteiger partial charge on any atom is 0.251 e. The van der Waals surface area contributed by atoms with Crippen LogP contribution in [0.2, 0.25) is 0 Å². The first-order valence-electron chi connectivity index (χ1n) is 5.09. The van der Waals surface area contributed by atoms with Gasteiger partial charge in [-0.3, -0.25) is 14.4 Å². The summed E-state index contributed by atoms with van der Waals surface area (Å²) in [6.07, 6.45) is 0. The van der Waals surface area contributed by atoms with E-state index in [0.29, 0.717) is 16.7 Å². The molecular formula is C12H14NO3P. The standard InChI is InChI=1S/C12H14NO3P/c1-7(14)8-4-9(11(15)13-2)6-10(5-8)12(16)17-3/h4-6,17H,1-3H3,(H,13,15). The SMILES string of the molecule is CNC(=O)c1cc(C(C)=O)cc(C(=O)PC)c1. The number of hydrogen-bond donors (Lipinski definition) is 1. The van der Waals surface area contributed by atoms with E-state index >= 15 is 0 Å². The van der Waals surface area contributed by atoms with Crippen molar-refractivity contribution in [1.82, 2.24) is 5.32 Å². The fourth-order valence-electron chi connectivity index (χ4n) is 1.38. The Hall–Kier alpha value is -1.54. The Bertz CT molecular complexity index is 448. The van der Waals surface area contributed by atoms with E-state index in [1.807, 2.05) is 0 Å². The number of rotatable bonds is 4. The summed E-state index contributed by atoms with van der Waals surface area (Å²) in [4.78, 5) is 34.5. The topological polar surface area (TPSA) is 63.2 Å². The highest BCUT2D eigenvalue weighted by Gasteiger charge is 2.12. The molecule has 0 saturated heterocycles. The van der Waals surface area contributed by atoms with E-state index in [9.17, 15) is 14.4 Å². The number of nitrogens with one attached hydrogen (secondary N) is 1. The van der Waals surface area contributed by atoms with E-state index in [2.05, 4.69) is 5.32 Å². The molecule has 0 fully saturated rings. The summed E-state index contributed by atoms with van der Waals surface area (Å²) in [7, 11) is 1.61. The van der Waals surface area contributed by atoms with Crippen LogP contribution in [-0.2, 0) is 0 Å². The molecule has 0 aromatic heterocycles. The molecule has 4 nitrogen and oxygen atoms in total. The van der Waals surface area contributed by atoms with Crippen molar-refractivity contribution in [3.8, 4) is 0 Å². The molecule has 1 amide bonds. The van der Waals surface area contributed by atoms with Gasteiger partial charge < -0.3 is 5.32 Å². The van der Waals surface area contributed by atoms with Gasteiger partial charge in [-0.2, -0.15) is 0 Å². The monoisotopic (exact) mass is 251 g/mol. The molecule has 0 heterocycles. The molecule has 1 rings (SSSR count). The lowest BCUT2D eigenvalue weighted by Crippen LogP contribution is -2.18. The van der Waals surface area contributed by atoms with Crippen LogP contribution >= 0.6 is 8.58 Å². The summed E-state index contributed by atoms with van der Waals surface area (Å²) in [5.74, 6) is -0.467. The third-order valence-corrected chi connectivity index (χ3v) is 3.06. The average molecular weight is 251 g/mol. The van der Waals surface area contributed by atoms with Crippen LogP contribution in [0.4, 0.5) is 0 Å². The number of carbonyl (C=O) groups excluding carboxylic acids is 3. The molecule has 0 spiro atoms. The molecule has 1 N–H and O–H groups in total. The number of ketones is 1. The number of hydrogen-bond acceptors (Lipinski definition) is 3. The largest absolute Gasteiger partial charge is 0.355 e. The number of carbonyl (C=O) groups is 3. The molecular weight excluding hydrogens is 237 g/mol. The van der Waals surface area contributed by atoms with Crippen LogP contribution in [0.15, 0.2) is 18.2 Å². The molecule has 1 unspecified atom stereocenters. The van der Waals surface area contributed by atoms with Crippen LogP contribution in [0.1, 0.15) is 38.0 Å². The minimum atomic E-state index is -0.304. The molecule has 17 heavy (non-hydrogen) atoms. The van der Waals surface area contributed by atoms with Crippen LogP contribution in [0.25, 0.3) is 0 Å². The quantitative estimate of drug-likeness (QED) is 0.654. The third-order valence-electron chi connectivity index (χ3n) is 2.32. The Labute approximate surface area is 102 Å². The van der Waals surface area contributed by atoms with Gasteiger partial charge >= 0.3 is 0 Å². The van der Waals surface area contributed by atoms with Crippen molar-refractivity contribution in [3.05, 3.63) is 34.9 Å². The average Bonchev–Trinajstić information content (AvgIpc) is 2.36. The summed E-state index contributed by atoms with van der Waals surface area (Å²) in [6, 6.07) is 4.55. The van der Waals surface area contributed by atoms with Crippen molar-refractivity contribution in [2.45, 2.75) is 6.92 Å². The Morgan fingerprint density at radius 1 is 1.06 bits per heavy atom. The molecule has 0 radical (unpaired) electrons. The van der Waals surface area contributed by atoms with Gasteiger partial charge in [-0.25, -0.2) is 0 Å². The molecule has 0 bridgehead atoms. The van der Waals surface area contributed by atoms with Crippen LogP contribution in [0.5, 0.6) is 0 Å². The number of benzene rings is 1. The van der Waals surface area contributed by atoms with Crippen LogP contribution in [0.3, 0.4) is 0 Å². The van der Waals surface area contributed by atoms with Crippen LogP contribution in [-0.4, -0.2) is 30.9 Å². The Morgan fingerprint density at radius 2 is 1.59 bits per heavy atom. The van der Waals surface area contributed by atoms with Gasteiger partial charge in [0.2, 0.25) is 0 Å². The van der Waals surface area contributed by atoms with Gasteiger partial charge in [-0.05, 0) is 40.4 Å². The highest BCUT2D eigenvalue weighted by molar-refractivity contribution is 7.58. The summed E-state index contributed by atoms with van der Waals surface area (Å²) < 4.78 is 0. The first-order valence-corrected chi connectivity index (χ1v) is 6.59. The minimum absolute atomic E-state index is 0.0572. The summed E-state index contributed by atoms with van der Waals surface area (Å²) >= 11 is 0. The van der Waals surface area contributed by atoms with Crippen molar-refractivity contribution in [2.75, 3.05) is 13.7 Å². The van der Waals surface area contributed by atoms with Crippen molar-refractivity contribution in [3.63, 3.8) is 0 Å². The predicted molar refractivity (Wildman–Crippen MR) is 68.4 cm³/mol. The maximum absolute atomic E-state index is 11.6. The van der Waals surface area contributed by atoms with Gasteiger partial charge in [0, 0.05) is 23.7 Å². The summed E-state index contributed by atoms with van der Waals surface area (Å²) in [5, 5.41) is 2.47. The summed E-state index contributed by atoms with van der Waals surface area (Å²) in [6.45, 7) is 3.17. The zero-order chi connectivity index (χ0) is 13.0. The van der Waals surface area contributed by atoms with Gasteiger partial charge in [0.1, 0.15) is 0 Å². The van der Waals surface area contributed by atoms with E-state index in [1.165, 1.54) is 32.2 Å². The Morgan fingerprint density at radius 3 is 2.06 bits per heavy atom. The molecule has 0 aliphatic heterocycles. The first-order chi connectivity index (χ1) is 7.99. The molecule has 0 saturated carbocycles. The molecule has 0 aliphatic carbocycles. The highest BCUT2D eigenvalue weighted by atomic mass is 31.1. The second-order valence-corrected chi connectivity index (χ2v) is 4.47. The molecule has 1 aromatic rings. The van der Waals surface area contributed by atoms with Crippen molar-refractivity contribution in [2.24, 2.45) is 0 Å². The lowest BCUT2D eigenvalue weighted by atomic mass is 10.0. The van der Waals surface area contributed by atoms with Gasteiger partial charge in [-0.1, -0.05) is 0 Å². The third kappa shape index (κ3) is 3.21. The van der Waals surface area contributed by atoms with Crippen molar-refractivity contribution in [1.29, 1.82) is 0 Å². The lowest BCUT2D eigenvalue weighted by molar-refractivity contribution is 0.0963. The van der Waals surface area contributed by atoms with E-state index in [1.54, 1.807) is 6.66 Å². The summed E-state index contributed by atoms with van der Waals surface area (Å²) in [5.41, 5.74) is 1.07. The Kier molecular flexibility index (Phi) is 4.53. The van der Waals surface area contributed by atoms with E-state index < -0.39 is 0 Å². The van der Waals surface area contributed by atoms with Gasteiger partial charge in [0.15, 0.2) is 11.3 Å². The minimum Gasteiger partial charge on any atom is -0.355 e. The fraction of sp³-hybridized carbons (Fsp3) is 0.250. The van der Waals surface area contributed by atoms with Gasteiger partial charge in [-0.15, -0.1) is 0 Å². The second-order valence-electron chi connectivity index (χ2n) is 3.51. The van der Waals surface area contributed by atoms with Crippen LogP contribution < -0.4 is 5.32 Å². The van der Waals surface area contributed by atoms with Gasteiger partial charge in [0.25, 0.3) is 5.91 Å². The highest BCUT2D eigenvalue weighted by Crippen LogP contribution is 2.18. The predicted octanol–water partition coefficient (Wildman–Crippen LogP) is 1.70. The lowest BCUT2D eigenvalue weighted by Gasteiger charge is -2.06. The number of amides is 1. The zero-order valence-electron chi connectivity index (χ0n) is 9.96.